The van der Waals surface area contributed by atoms with Crippen LogP contribution in [0.2, 0.25) is 0 Å². The Kier molecular flexibility index (Phi) is 3.78. The van der Waals surface area contributed by atoms with Gasteiger partial charge >= 0.3 is 0 Å². The van der Waals surface area contributed by atoms with Crippen molar-refractivity contribution in [2.24, 2.45) is 0 Å². The van der Waals surface area contributed by atoms with Crippen LogP contribution in [-0.4, -0.2) is 30.3 Å². The highest BCUT2D eigenvalue weighted by Crippen LogP contribution is 2.28. The number of hydrogen-bond acceptors (Lipinski definition) is 7. The molecule has 0 bridgehead atoms. The Morgan fingerprint density at radius 1 is 1.44 bits per heavy atom. The van der Waals surface area contributed by atoms with Gasteiger partial charge in [-0.3, -0.25) is 4.72 Å². The van der Waals surface area contributed by atoms with E-state index in [2.05, 4.69) is 35.5 Å². The molecule has 0 unspecified atom stereocenters. The smallest absolute Gasteiger partial charge is 0.263 e. The molecule has 0 radical (unpaired) electrons. The van der Waals surface area contributed by atoms with Crippen molar-refractivity contribution in [2.45, 2.75) is 4.90 Å². The van der Waals surface area contributed by atoms with E-state index in [-0.39, 0.29) is 10.0 Å². The zero-order chi connectivity index (χ0) is 13.2. The first kappa shape index (κ1) is 13.2. The minimum absolute atomic E-state index is 0.0883. The van der Waals surface area contributed by atoms with E-state index in [0.717, 1.165) is 11.5 Å². The number of rotatable bonds is 4. The maximum Gasteiger partial charge on any atom is 0.263 e. The van der Waals surface area contributed by atoms with E-state index in [0.29, 0.717) is 10.2 Å². The number of nitrogens with zero attached hydrogens (tertiary/aromatic N) is 3. The van der Waals surface area contributed by atoms with Gasteiger partial charge in [-0.05, 0) is 39.3 Å². The van der Waals surface area contributed by atoms with Gasteiger partial charge in [-0.1, -0.05) is 9.59 Å². The van der Waals surface area contributed by atoms with Gasteiger partial charge < -0.3 is 4.74 Å². The number of methoxy groups -OCH3 is 1. The van der Waals surface area contributed by atoms with Crippen molar-refractivity contribution in [1.29, 1.82) is 0 Å². The molecule has 1 N–H and O–H groups in total. The van der Waals surface area contributed by atoms with Gasteiger partial charge in [0, 0.05) is 11.5 Å². The van der Waals surface area contributed by atoms with E-state index in [1.807, 2.05) is 0 Å². The van der Waals surface area contributed by atoms with E-state index in [1.165, 1.54) is 19.2 Å². The molecule has 1 aromatic carbocycles. The topological polar surface area (TPSA) is 94.1 Å². The zero-order valence-corrected chi connectivity index (χ0v) is 12.2. The fraction of sp³-hybridized carbons (Fsp3) is 0.125. The second kappa shape index (κ2) is 5.16. The first-order valence-corrected chi connectivity index (χ1v) is 7.59. The number of nitrogens with one attached hydrogen (secondary N) is 1. The standard InChI is InChI=1S/C8H7BrN4O3S2/c1-16-7-3-2-5(4-6(7)9)18(14,15)11-8-10-12-13-17-8/h2-4H,1H3,(H,10,11,13). The maximum absolute atomic E-state index is 12.0. The monoisotopic (exact) mass is 350 g/mol. The van der Waals surface area contributed by atoms with Crippen molar-refractivity contribution in [3.63, 3.8) is 0 Å². The van der Waals surface area contributed by atoms with E-state index >= 15 is 0 Å². The molecule has 2 aromatic rings. The fourth-order valence-electron chi connectivity index (χ4n) is 1.16. The second-order valence-electron chi connectivity index (χ2n) is 3.07. The highest BCUT2D eigenvalue weighted by atomic mass is 79.9. The number of halogens is 1. The van der Waals surface area contributed by atoms with Crippen LogP contribution in [0.4, 0.5) is 5.13 Å². The fourth-order valence-corrected chi connectivity index (χ4v) is 3.46. The van der Waals surface area contributed by atoms with Gasteiger partial charge in [0.15, 0.2) is 0 Å². The molecule has 0 fully saturated rings. The SMILES string of the molecule is COc1ccc(S(=O)(=O)Nc2nnns2)cc1Br. The van der Waals surface area contributed by atoms with Crippen LogP contribution in [0.15, 0.2) is 27.6 Å². The number of ether oxygens (including phenoxy) is 1. The molecule has 0 atom stereocenters. The van der Waals surface area contributed by atoms with E-state index in [1.54, 1.807) is 6.07 Å². The quantitative estimate of drug-likeness (QED) is 0.897. The number of benzene rings is 1. The summed E-state index contributed by atoms with van der Waals surface area (Å²) in [6, 6.07) is 4.42. The van der Waals surface area contributed by atoms with Gasteiger partial charge in [0.25, 0.3) is 10.0 Å². The van der Waals surface area contributed by atoms with Crippen LogP contribution in [0, 0.1) is 0 Å². The normalized spacial score (nSPS) is 11.2. The largest absolute Gasteiger partial charge is 0.496 e. The minimum atomic E-state index is -3.70. The Morgan fingerprint density at radius 3 is 2.78 bits per heavy atom. The third-order valence-corrected chi connectivity index (χ3v) is 4.55. The summed E-state index contributed by atoms with van der Waals surface area (Å²) in [6.45, 7) is 0. The number of aromatic nitrogens is 3. The Morgan fingerprint density at radius 2 is 2.22 bits per heavy atom. The first-order valence-electron chi connectivity index (χ1n) is 4.54. The van der Waals surface area contributed by atoms with Gasteiger partial charge in [0.2, 0.25) is 5.13 Å². The average molecular weight is 351 g/mol. The Balaban J connectivity index is 2.33. The second-order valence-corrected chi connectivity index (χ2v) is 6.34. The van der Waals surface area contributed by atoms with Crippen molar-refractivity contribution in [3.8, 4) is 5.75 Å². The third-order valence-electron chi connectivity index (χ3n) is 1.95. The highest BCUT2D eigenvalue weighted by molar-refractivity contribution is 9.10. The summed E-state index contributed by atoms with van der Waals surface area (Å²) in [6.07, 6.45) is 0. The van der Waals surface area contributed by atoms with Crippen LogP contribution in [0.25, 0.3) is 0 Å². The third kappa shape index (κ3) is 2.76. The minimum Gasteiger partial charge on any atom is -0.496 e. The summed E-state index contributed by atoms with van der Waals surface area (Å²) in [5.74, 6) is 0.548. The molecular formula is C8H7BrN4O3S2. The van der Waals surface area contributed by atoms with E-state index in [4.69, 9.17) is 4.74 Å². The molecular weight excluding hydrogens is 344 g/mol. The zero-order valence-electron chi connectivity index (χ0n) is 8.99. The van der Waals surface area contributed by atoms with Gasteiger partial charge in [-0.15, -0.1) is 0 Å². The van der Waals surface area contributed by atoms with Crippen LogP contribution >= 0.6 is 27.5 Å². The lowest BCUT2D eigenvalue weighted by Crippen LogP contribution is -2.12. The molecule has 0 saturated carbocycles. The molecule has 10 heteroatoms. The van der Waals surface area contributed by atoms with Crippen LogP contribution in [0.5, 0.6) is 5.75 Å². The van der Waals surface area contributed by atoms with E-state index < -0.39 is 10.0 Å². The molecule has 0 saturated heterocycles. The van der Waals surface area contributed by atoms with Crippen LogP contribution in [0.1, 0.15) is 0 Å². The molecule has 0 aliphatic rings. The van der Waals surface area contributed by atoms with Crippen molar-refractivity contribution >= 4 is 42.6 Å². The molecule has 18 heavy (non-hydrogen) atoms. The Labute approximate surface area is 116 Å². The van der Waals surface area contributed by atoms with Gasteiger partial charge in [0.05, 0.1) is 16.5 Å². The number of anilines is 1. The van der Waals surface area contributed by atoms with Crippen LogP contribution < -0.4 is 9.46 Å². The molecule has 0 amide bonds. The molecule has 7 nitrogen and oxygen atoms in total. The molecule has 1 heterocycles. The van der Waals surface area contributed by atoms with Crippen LogP contribution in [-0.2, 0) is 10.0 Å². The lowest BCUT2D eigenvalue weighted by molar-refractivity contribution is 0.411. The first-order chi connectivity index (χ1) is 8.53. The molecule has 0 aliphatic carbocycles. The van der Waals surface area contributed by atoms with Crippen molar-refractivity contribution in [2.75, 3.05) is 11.8 Å². The summed E-state index contributed by atoms with van der Waals surface area (Å²) in [5.41, 5.74) is 0. The van der Waals surface area contributed by atoms with Crippen molar-refractivity contribution < 1.29 is 13.2 Å². The van der Waals surface area contributed by atoms with Crippen molar-refractivity contribution in [1.82, 2.24) is 14.8 Å². The summed E-state index contributed by atoms with van der Waals surface area (Å²) in [7, 11) is -2.20. The Bertz CT molecular complexity index is 644. The predicted octanol–water partition coefficient (Wildman–Crippen LogP) is 1.50. The predicted molar refractivity (Wildman–Crippen MR) is 69.2 cm³/mol. The lowest BCUT2D eigenvalue weighted by atomic mass is 10.3. The van der Waals surface area contributed by atoms with Gasteiger partial charge in [-0.2, -0.15) is 0 Å². The van der Waals surface area contributed by atoms with Gasteiger partial charge in [-0.25, -0.2) is 8.42 Å². The average Bonchev–Trinajstić information content (AvgIpc) is 2.81. The molecule has 0 spiro atoms. The summed E-state index contributed by atoms with van der Waals surface area (Å²) < 4.78 is 35.3. The Hall–Kier alpha value is -1.26. The highest BCUT2D eigenvalue weighted by Gasteiger charge is 2.17. The lowest BCUT2D eigenvalue weighted by Gasteiger charge is -2.07. The summed E-state index contributed by atoms with van der Waals surface area (Å²) in [4.78, 5) is 0.0883. The van der Waals surface area contributed by atoms with Crippen molar-refractivity contribution in [3.05, 3.63) is 22.7 Å². The summed E-state index contributed by atoms with van der Waals surface area (Å²) >= 11 is 4.08. The van der Waals surface area contributed by atoms with E-state index in [9.17, 15) is 8.42 Å². The molecule has 0 aliphatic heterocycles. The molecule has 96 valence electrons. The number of hydrogen-bond donors (Lipinski definition) is 1. The maximum atomic E-state index is 12.0. The van der Waals surface area contributed by atoms with Crippen LogP contribution in [0.3, 0.4) is 0 Å². The molecule has 2 rings (SSSR count). The number of sulfonamides is 1. The molecule has 1 aromatic heterocycles. The summed E-state index contributed by atoms with van der Waals surface area (Å²) in [5, 5.41) is 6.93. The van der Waals surface area contributed by atoms with Gasteiger partial charge in [0.1, 0.15) is 5.75 Å².